The van der Waals surface area contributed by atoms with E-state index >= 15 is 0 Å². The van der Waals surface area contributed by atoms with Crippen LogP contribution in [0.15, 0.2) is 82.9 Å². The Balaban J connectivity index is 0.000000245. The largest absolute Gasteiger partial charge is 0.486 e. The molecule has 82 heavy (non-hydrogen) atoms. The van der Waals surface area contributed by atoms with Gasteiger partial charge in [-0.2, -0.15) is 0 Å². The molecule has 0 spiro atoms. The highest BCUT2D eigenvalue weighted by Gasteiger charge is 2.33. The van der Waals surface area contributed by atoms with Crippen LogP contribution in [0, 0.1) is 11.6 Å². The Morgan fingerprint density at radius 2 is 1.05 bits per heavy atom. The van der Waals surface area contributed by atoms with Gasteiger partial charge in [-0.3, -0.25) is 43.9 Å². The van der Waals surface area contributed by atoms with Crippen LogP contribution >= 0.6 is 12.4 Å². The predicted octanol–water partition coefficient (Wildman–Crippen LogP) is 5.45. The second kappa shape index (κ2) is 29.4. The summed E-state index contributed by atoms with van der Waals surface area (Å²) in [5.74, 6) is 1.56. The first kappa shape index (κ1) is 65.2. The number of aromatic nitrogens is 6. The molecule has 26 heteroatoms. The smallest absolute Gasteiger partial charge is 0.410 e. The molecule has 0 unspecified atom stereocenters. The summed E-state index contributed by atoms with van der Waals surface area (Å²) < 4.78 is 63.3. The lowest BCUT2D eigenvalue weighted by Crippen LogP contribution is -2.49. The first-order valence-corrected chi connectivity index (χ1v) is 26.5. The number of carbonyl (C=O) groups is 3. The molecule has 0 saturated carbocycles. The number of rotatable bonds is 11. The minimum Gasteiger partial charge on any atom is -0.486 e. The number of hydrogen-bond acceptors (Lipinski definition) is 17. The molecule has 6 aromatic rings. The maximum atomic E-state index is 13.8. The number of halogens is 3. The molecule has 0 aromatic carbocycles. The molecule has 5 N–H and O–H groups in total. The van der Waals surface area contributed by atoms with E-state index in [1.807, 2.05) is 53.7 Å². The van der Waals surface area contributed by atoms with Crippen LogP contribution in [0.25, 0.3) is 22.1 Å². The van der Waals surface area contributed by atoms with Gasteiger partial charge in [0, 0.05) is 74.7 Å². The van der Waals surface area contributed by atoms with Gasteiger partial charge in [-0.15, -0.1) is 12.4 Å². The van der Waals surface area contributed by atoms with Gasteiger partial charge >= 0.3 is 12.2 Å². The number of carbonyl (C=O) groups excluding carboxylic acids is 3. The van der Waals surface area contributed by atoms with Crippen LogP contribution in [0.3, 0.4) is 0 Å². The summed E-state index contributed by atoms with van der Waals surface area (Å²) >= 11 is 0. The molecule has 0 radical (unpaired) electrons. The van der Waals surface area contributed by atoms with Crippen molar-refractivity contribution in [1.82, 2.24) is 49.1 Å². The third-order valence-corrected chi connectivity index (χ3v) is 13.1. The van der Waals surface area contributed by atoms with E-state index in [4.69, 9.17) is 28.4 Å². The number of ether oxygens (including phenoxy) is 6. The number of fused-ring (bicyclic) bond motifs is 4. The Hall–Kier alpha value is -7.58. The van der Waals surface area contributed by atoms with Crippen molar-refractivity contribution in [3.8, 4) is 23.0 Å². The summed E-state index contributed by atoms with van der Waals surface area (Å²) in [4.78, 5) is 82.9. The minimum atomic E-state index is -0.629. The van der Waals surface area contributed by atoms with Crippen LogP contribution in [0.5, 0.6) is 23.0 Å². The van der Waals surface area contributed by atoms with Crippen molar-refractivity contribution >= 4 is 52.9 Å². The lowest BCUT2D eigenvalue weighted by molar-refractivity contribution is -0.108. The van der Waals surface area contributed by atoms with Gasteiger partial charge < -0.3 is 59.0 Å². The number of nitrogens with zero attached hydrogens (tertiary/aromatic N) is 9. The van der Waals surface area contributed by atoms with E-state index in [0.29, 0.717) is 110 Å². The third-order valence-electron chi connectivity index (χ3n) is 13.1. The SMILES string of the molecule is CC(C)(C)OC(=O)N(Cc1cc2c(cn1)OCCO2)C1CCN(CCn2c(=O)ccc3ncc(F)cc32)CC1.CC(C)(C)OC(=O)N(Cc1cc2c(cn1)OCCO2)C1CCNCC1.Cl.O.O.O=CCn1c(=O)ccc2ncc(F)cc21. The van der Waals surface area contributed by atoms with E-state index in [1.54, 1.807) is 32.8 Å². The van der Waals surface area contributed by atoms with Crippen LogP contribution in [0.1, 0.15) is 78.6 Å². The maximum Gasteiger partial charge on any atom is 0.410 e. The number of piperidine rings is 2. The lowest BCUT2D eigenvalue weighted by atomic mass is 10.0. The molecule has 2 saturated heterocycles. The number of amides is 2. The van der Waals surface area contributed by atoms with Crippen LogP contribution in [0.4, 0.5) is 18.4 Å². The van der Waals surface area contributed by atoms with Gasteiger partial charge in [0.1, 0.15) is 55.6 Å². The fourth-order valence-electron chi connectivity index (χ4n) is 9.42. The lowest BCUT2D eigenvalue weighted by Gasteiger charge is -2.39. The summed E-state index contributed by atoms with van der Waals surface area (Å²) in [5.41, 5.74) is 1.66. The summed E-state index contributed by atoms with van der Waals surface area (Å²) in [6.07, 6.45) is 8.73. The molecular formula is C56H73ClF2N10O13. The molecule has 23 nitrogen and oxygen atoms in total. The molecule has 0 atom stereocenters. The normalized spacial score (nSPS) is 15.1. The predicted molar refractivity (Wildman–Crippen MR) is 302 cm³/mol. The van der Waals surface area contributed by atoms with Gasteiger partial charge in [0.05, 0.1) is 77.9 Å². The number of nitrogens with one attached hydrogen (secondary N) is 1. The Labute approximate surface area is 478 Å². The fraction of sp³-hybridized carbons (Fsp3) is 0.482. The summed E-state index contributed by atoms with van der Waals surface area (Å²) in [5, 5.41) is 3.33. The van der Waals surface area contributed by atoms with Gasteiger partial charge in [0.15, 0.2) is 23.0 Å². The number of pyridine rings is 6. The molecule has 2 fully saturated rings. The second-order valence-electron chi connectivity index (χ2n) is 21.3. The van der Waals surface area contributed by atoms with Gasteiger partial charge in [-0.05, 0) is 92.4 Å². The molecule has 446 valence electrons. The van der Waals surface area contributed by atoms with Gasteiger partial charge in [0.2, 0.25) is 0 Å². The number of hydrogen-bond donors (Lipinski definition) is 1. The average Bonchev–Trinajstić information content (AvgIpc) is 3.49. The molecule has 4 aliphatic heterocycles. The Morgan fingerprint density at radius 3 is 1.50 bits per heavy atom. The van der Waals surface area contributed by atoms with Crippen LogP contribution in [-0.2, 0) is 40.4 Å². The van der Waals surface area contributed by atoms with Gasteiger partial charge in [-0.25, -0.2) is 18.4 Å². The third kappa shape index (κ3) is 17.7. The first-order chi connectivity index (χ1) is 37.8. The number of aldehydes is 1. The van der Waals surface area contributed by atoms with E-state index in [9.17, 15) is 32.8 Å². The van der Waals surface area contributed by atoms with Gasteiger partial charge in [0.25, 0.3) is 11.1 Å². The Morgan fingerprint density at radius 1 is 0.622 bits per heavy atom. The summed E-state index contributed by atoms with van der Waals surface area (Å²) in [6, 6.07) is 12.2. The number of likely N-dealkylation sites (tertiary alicyclic amines) is 1. The van der Waals surface area contributed by atoms with Crippen molar-refractivity contribution in [2.75, 3.05) is 59.2 Å². The Bertz CT molecular complexity index is 3240. The molecule has 0 aliphatic carbocycles. The fourth-order valence-corrected chi connectivity index (χ4v) is 9.42. The zero-order valence-electron chi connectivity index (χ0n) is 46.9. The molecule has 10 rings (SSSR count). The topological polar surface area (TPSA) is 287 Å². The van der Waals surface area contributed by atoms with Crippen LogP contribution < -0.4 is 35.4 Å². The van der Waals surface area contributed by atoms with Crippen LogP contribution in [-0.4, -0.2) is 156 Å². The van der Waals surface area contributed by atoms with Crippen molar-refractivity contribution in [2.45, 2.75) is 117 Å². The maximum absolute atomic E-state index is 13.8. The Kier molecular flexibility index (Phi) is 23.4. The van der Waals surface area contributed by atoms with Gasteiger partial charge in [-0.1, -0.05) is 0 Å². The van der Waals surface area contributed by atoms with E-state index < -0.39 is 22.8 Å². The summed E-state index contributed by atoms with van der Waals surface area (Å²) in [7, 11) is 0. The minimum absolute atomic E-state index is 0. The van der Waals surface area contributed by atoms with Crippen molar-refractivity contribution in [1.29, 1.82) is 0 Å². The molecule has 10 heterocycles. The standard InChI is InChI=1S/C28H34FN5O5.C18H27N3O4.C10H7FN2O2.ClH.2H2O/c1-28(2,3)39-27(36)34(18-20-15-24-25(17-30-20)38-13-12-37-24)21-6-8-32(9-7-21)10-11-33-23-14-19(29)16-31-22(23)4-5-26(33)35;1-18(2,3)25-17(22)21(14-4-6-19-7-5-14)12-13-10-15-16(11-20-13)24-9-8-23-15;11-7-5-9-8(12-6-7)1-2-10(15)13(9)3-4-14;;;/h4-5,14-17,21H,6-13,18H2,1-3H3;10-11,14,19H,4-9,12H2,1-3H3;1-2,4-6H,3H2;1H;2*1H2. The zero-order chi connectivity index (χ0) is 56.3. The zero-order valence-corrected chi connectivity index (χ0v) is 47.7. The molecule has 2 amide bonds. The molecular weight excluding hydrogens is 1090 g/mol. The first-order valence-electron chi connectivity index (χ1n) is 26.5. The van der Waals surface area contributed by atoms with E-state index in [1.165, 1.54) is 34.9 Å². The molecule has 6 aromatic heterocycles. The van der Waals surface area contributed by atoms with E-state index in [2.05, 4.69) is 30.2 Å². The molecule has 0 bridgehead atoms. The summed E-state index contributed by atoms with van der Waals surface area (Å²) in [6.45, 7) is 18.1. The second-order valence-corrected chi connectivity index (χ2v) is 21.3. The highest BCUT2D eigenvalue weighted by atomic mass is 35.5. The van der Waals surface area contributed by atoms with Crippen molar-refractivity contribution < 1.29 is 62.5 Å². The van der Waals surface area contributed by atoms with E-state index in [-0.39, 0.29) is 65.3 Å². The van der Waals surface area contributed by atoms with Crippen molar-refractivity contribution in [3.63, 3.8) is 0 Å². The van der Waals surface area contributed by atoms with Crippen LogP contribution in [0.2, 0.25) is 0 Å². The van der Waals surface area contributed by atoms with Crippen molar-refractivity contribution in [2.24, 2.45) is 0 Å². The highest BCUT2D eigenvalue weighted by molar-refractivity contribution is 5.85. The average molecular weight is 1170 g/mol. The monoisotopic (exact) mass is 1170 g/mol. The molecule has 4 aliphatic rings. The van der Waals surface area contributed by atoms with Crippen molar-refractivity contribution in [3.05, 3.63) is 117 Å². The highest BCUT2D eigenvalue weighted by Crippen LogP contribution is 2.32. The quantitative estimate of drug-likeness (QED) is 0.158. The van der Waals surface area contributed by atoms with E-state index in [0.717, 1.165) is 69.9 Å².